The molecular weight excluding hydrogens is 292 g/mol. The molecule has 22 heavy (non-hydrogen) atoms. The van der Waals surface area contributed by atoms with E-state index in [2.05, 4.69) is 48.5 Å². The summed E-state index contributed by atoms with van der Waals surface area (Å²) in [5, 5.41) is 0.784. The topological polar surface area (TPSA) is 9.23 Å². The molecule has 0 bridgehead atoms. The van der Waals surface area contributed by atoms with Crippen LogP contribution in [0.25, 0.3) is 22.3 Å². The highest BCUT2D eigenvalue weighted by molar-refractivity contribution is 6.30. The van der Waals surface area contributed by atoms with Crippen LogP contribution in [-0.2, 0) is 6.42 Å². The zero-order chi connectivity index (χ0) is 15.1. The number of fused-ring (bicyclic) bond motifs is 3. The molecule has 0 unspecified atom stereocenters. The molecule has 1 nitrogen and oxygen atoms in total. The molecule has 0 aromatic heterocycles. The van der Waals surface area contributed by atoms with Gasteiger partial charge in [-0.05, 0) is 52.4 Å². The number of halogens is 1. The van der Waals surface area contributed by atoms with Crippen molar-refractivity contribution in [3.8, 4) is 28.0 Å². The first kappa shape index (κ1) is 13.4. The van der Waals surface area contributed by atoms with Gasteiger partial charge in [-0.2, -0.15) is 0 Å². The van der Waals surface area contributed by atoms with Crippen LogP contribution in [0.3, 0.4) is 0 Å². The lowest BCUT2D eigenvalue weighted by Crippen LogP contribution is -1.92. The monoisotopic (exact) mass is 306 g/mol. The molecule has 0 spiro atoms. The van der Waals surface area contributed by atoms with E-state index in [1.165, 1.54) is 33.4 Å². The van der Waals surface area contributed by atoms with Crippen molar-refractivity contribution in [2.45, 2.75) is 6.42 Å². The van der Waals surface area contributed by atoms with Crippen LogP contribution in [0, 0.1) is 0 Å². The molecule has 0 amide bonds. The average molecular weight is 307 g/mol. The molecule has 0 saturated carbocycles. The normalized spacial score (nSPS) is 11.9. The van der Waals surface area contributed by atoms with Crippen LogP contribution in [0.4, 0.5) is 0 Å². The van der Waals surface area contributed by atoms with Gasteiger partial charge in [-0.3, -0.25) is 0 Å². The zero-order valence-electron chi connectivity index (χ0n) is 12.3. The number of ether oxygens (including phenoxy) is 1. The minimum Gasteiger partial charge on any atom is -0.496 e. The van der Waals surface area contributed by atoms with Crippen LogP contribution >= 0.6 is 11.6 Å². The fourth-order valence-corrected chi connectivity index (χ4v) is 3.50. The molecule has 1 aliphatic carbocycles. The van der Waals surface area contributed by atoms with Crippen LogP contribution in [0.5, 0.6) is 5.75 Å². The summed E-state index contributed by atoms with van der Waals surface area (Å²) in [6.07, 6.45) is 0.895. The van der Waals surface area contributed by atoms with E-state index in [1.54, 1.807) is 7.11 Å². The fraction of sp³-hybridized carbons (Fsp3) is 0.100. The molecule has 0 aliphatic heterocycles. The number of methoxy groups -OCH3 is 1. The maximum atomic E-state index is 6.17. The highest BCUT2D eigenvalue weighted by atomic mass is 35.5. The van der Waals surface area contributed by atoms with E-state index in [0.29, 0.717) is 0 Å². The van der Waals surface area contributed by atoms with E-state index in [-0.39, 0.29) is 0 Å². The van der Waals surface area contributed by atoms with Crippen molar-refractivity contribution in [3.05, 3.63) is 76.8 Å². The predicted octanol–water partition coefficient (Wildman–Crippen LogP) is 5.59. The highest BCUT2D eigenvalue weighted by Crippen LogP contribution is 2.47. The summed E-state index contributed by atoms with van der Waals surface area (Å²) in [7, 11) is 1.73. The Kier molecular flexibility index (Phi) is 3.16. The average Bonchev–Trinajstić information content (AvgIpc) is 2.93. The Balaban J connectivity index is 1.98. The Labute approximate surface area is 135 Å². The van der Waals surface area contributed by atoms with Gasteiger partial charge in [-0.15, -0.1) is 0 Å². The molecule has 0 fully saturated rings. The first-order valence-electron chi connectivity index (χ1n) is 7.32. The third kappa shape index (κ3) is 2.01. The van der Waals surface area contributed by atoms with E-state index < -0.39 is 0 Å². The molecule has 0 radical (unpaired) electrons. The maximum absolute atomic E-state index is 6.17. The van der Waals surface area contributed by atoms with Crippen molar-refractivity contribution in [2.24, 2.45) is 0 Å². The van der Waals surface area contributed by atoms with E-state index in [4.69, 9.17) is 16.3 Å². The van der Waals surface area contributed by atoms with Gasteiger partial charge in [0, 0.05) is 10.6 Å². The molecule has 3 aromatic rings. The Morgan fingerprint density at radius 1 is 0.909 bits per heavy atom. The predicted molar refractivity (Wildman–Crippen MR) is 91.7 cm³/mol. The van der Waals surface area contributed by atoms with Crippen molar-refractivity contribution < 1.29 is 4.74 Å². The second-order valence-electron chi connectivity index (χ2n) is 5.51. The van der Waals surface area contributed by atoms with Gasteiger partial charge in [-0.1, -0.05) is 54.1 Å². The molecule has 0 atom stereocenters. The molecule has 1 aliphatic rings. The SMILES string of the molecule is COc1ccc(-c2ccccc2)c2c1-c1ccc(Cl)cc1C2. The Morgan fingerprint density at radius 3 is 2.45 bits per heavy atom. The van der Waals surface area contributed by atoms with Gasteiger partial charge in [-0.25, -0.2) is 0 Å². The van der Waals surface area contributed by atoms with Gasteiger partial charge in [0.2, 0.25) is 0 Å². The van der Waals surface area contributed by atoms with Gasteiger partial charge in [0.25, 0.3) is 0 Å². The zero-order valence-corrected chi connectivity index (χ0v) is 13.0. The van der Waals surface area contributed by atoms with Crippen molar-refractivity contribution in [3.63, 3.8) is 0 Å². The molecular formula is C20H15ClO. The van der Waals surface area contributed by atoms with Crippen molar-refractivity contribution in [1.29, 1.82) is 0 Å². The van der Waals surface area contributed by atoms with Crippen molar-refractivity contribution >= 4 is 11.6 Å². The maximum Gasteiger partial charge on any atom is 0.127 e. The number of rotatable bonds is 2. The summed E-state index contributed by atoms with van der Waals surface area (Å²) in [5.74, 6) is 0.927. The molecule has 0 N–H and O–H groups in total. The Bertz CT molecular complexity index is 853. The van der Waals surface area contributed by atoms with Gasteiger partial charge in [0.15, 0.2) is 0 Å². The summed E-state index contributed by atoms with van der Waals surface area (Å²) in [6, 6.07) is 20.8. The van der Waals surface area contributed by atoms with E-state index in [1.807, 2.05) is 12.1 Å². The first-order chi connectivity index (χ1) is 10.8. The standard InChI is InChI=1S/C20H15ClO/c1-22-19-10-9-16(13-5-3-2-4-6-13)18-12-14-11-15(21)7-8-17(14)20(18)19/h2-11H,12H2,1H3. The fourth-order valence-electron chi connectivity index (χ4n) is 3.31. The Morgan fingerprint density at radius 2 is 1.68 bits per heavy atom. The van der Waals surface area contributed by atoms with Crippen molar-refractivity contribution in [1.82, 2.24) is 0 Å². The van der Waals surface area contributed by atoms with Crippen LogP contribution in [0.1, 0.15) is 11.1 Å². The lowest BCUT2D eigenvalue weighted by Gasteiger charge is -2.13. The summed E-state index contributed by atoms with van der Waals surface area (Å²) in [4.78, 5) is 0. The Hall–Kier alpha value is -2.25. The molecule has 108 valence electrons. The van der Waals surface area contributed by atoms with Gasteiger partial charge < -0.3 is 4.74 Å². The number of hydrogen-bond acceptors (Lipinski definition) is 1. The van der Waals surface area contributed by atoms with Crippen LogP contribution < -0.4 is 4.74 Å². The lowest BCUT2D eigenvalue weighted by atomic mass is 9.95. The number of hydrogen-bond donors (Lipinski definition) is 0. The first-order valence-corrected chi connectivity index (χ1v) is 7.70. The molecule has 4 rings (SSSR count). The van der Waals surface area contributed by atoms with Crippen LogP contribution in [0.15, 0.2) is 60.7 Å². The summed E-state index contributed by atoms with van der Waals surface area (Å²) < 4.78 is 5.60. The lowest BCUT2D eigenvalue weighted by molar-refractivity contribution is 0.416. The van der Waals surface area contributed by atoms with Crippen molar-refractivity contribution in [2.75, 3.05) is 7.11 Å². The quantitative estimate of drug-likeness (QED) is 0.469. The smallest absolute Gasteiger partial charge is 0.127 e. The second kappa shape index (κ2) is 5.19. The second-order valence-corrected chi connectivity index (χ2v) is 5.95. The third-order valence-electron chi connectivity index (χ3n) is 4.28. The minimum absolute atomic E-state index is 0.784. The van der Waals surface area contributed by atoms with Crippen LogP contribution in [-0.4, -0.2) is 7.11 Å². The summed E-state index contributed by atoms with van der Waals surface area (Å²) >= 11 is 6.17. The summed E-state index contributed by atoms with van der Waals surface area (Å²) in [5.41, 5.74) is 7.53. The van der Waals surface area contributed by atoms with Gasteiger partial charge in [0.1, 0.15) is 5.75 Å². The molecule has 0 heterocycles. The van der Waals surface area contributed by atoms with Crippen LogP contribution in [0.2, 0.25) is 5.02 Å². The molecule has 3 aromatic carbocycles. The summed E-state index contributed by atoms with van der Waals surface area (Å²) in [6.45, 7) is 0. The third-order valence-corrected chi connectivity index (χ3v) is 4.52. The van der Waals surface area contributed by atoms with E-state index in [0.717, 1.165) is 17.2 Å². The minimum atomic E-state index is 0.784. The van der Waals surface area contributed by atoms with E-state index >= 15 is 0 Å². The number of benzene rings is 3. The molecule has 0 saturated heterocycles. The largest absolute Gasteiger partial charge is 0.496 e. The van der Waals surface area contributed by atoms with Gasteiger partial charge in [0.05, 0.1) is 7.11 Å². The van der Waals surface area contributed by atoms with Gasteiger partial charge >= 0.3 is 0 Å². The van der Waals surface area contributed by atoms with E-state index in [9.17, 15) is 0 Å². The highest BCUT2D eigenvalue weighted by Gasteiger charge is 2.25. The molecule has 2 heteroatoms.